The number of hydrogen-bond donors (Lipinski definition) is 3. The number of fused-ring (bicyclic) bond motifs is 1. The third-order valence-corrected chi connectivity index (χ3v) is 4.28. The van der Waals surface area contributed by atoms with Gasteiger partial charge < -0.3 is 16.4 Å². The molecule has 1 saturated carbocycles. The molecule has 3 rings (SSSR count). The van der Waals surface area contributed by atoms with E-state index in [0.717, 1.165) is 18.4 Å². The summed E-state index contributed by atoms with van der Waals surface area (Å²) in [4.78, 5) is 23.6. The van der Waals surface area contributed by atoms with Gasteiger partial charge in [-0.15, -0.1) is 0 Å². The normalized spacial score (nSPS) is 19.8. The van der Waals surface area contributed by atoms with Gasteiger partial charge in [-0.1, -0.05) is 12.8 Å². The Balaban J connectivity index is 1.84. The number of carbonyl (C=O) groups excluding carboxylic acids is 2. The summed E-state index contributed by atoms with van der Waals surface area (Å²) >= 11 is 0. The molecule has 0 radical (unpaired) electrons. The van der Waals surface area contributed by atoms with Crippen LogP contribution in [-0.4, -0.2) is 17.4 Å². The number of anilines is 2. The van der Waals surface area contributed by atoms with Crippen molar-refractivity contribution < 1.29 is 14.0 Å². The predicted octanol–water partition coefficient (Wildman–Crippen LogP) is 1.92. The van der Waals surface area contributed by atoms with Crippen molar-refractivity contribution >= 4 is 23.2 Å². The number of halogens is 1. The standard InChI is InChI=1S/C15H18FN3O2/c16-10-7-9-3-4-13(20)18-11(9)8-12(10)19-14(21)15(17)5-1-2-6-15/h7-8H,1-6,17H2,(H,18,20)(H,19,21). The van der Waals surface area contributed by atoms with Gasteiger partial charge >= 0.3 is 0 Å². The lowest BCUT2D eigenvalue weighted by Gasteiger charge is -2.23. The number of carbonyl (C=O) groups is 2. The summed E-state index contributed by atoms with van der Waals surface area (Å²) in [5, 5.41) is 5.26. The van der Waals surface area contributed by atoms with Gasteiger partial charge in [0.15, 0.2) is 0 Å². The van der Waals surface area contributed by atoms with Gasteiger partial charge in [0, 0.05) is 12.1 Å². The maximum Gasteiger partial charge on any atom is 0.244 e. The fourth-order valence-electron chi connectivity index (χ4n) is 2.97. The fourth-order valence-corrected chi connectivity index (χ4v) is 2.97. The molecule has 2 aliphatic rings. The molecular formula is C15H18FN3O2. The number of rotatable bonds is 2. The lowest BCUT2D eigenvalue weighted by Crippen LogP contribution is -2.48. The Morgan fingerprint density at radius 1 is 1.29 bits per heavy atom. The average molecular weight is 291 g/mol. The first kappa shape index (κ1) is 14.0. The molecule has 2 amide bonds. The van der Waals surface area contributed by atoms with Crippen molar-refractivity contribution in [1.82, 2.24) is 0 Å². The van der Waals surface area contributed by atoms with Crippen molar-refractivity contribution in [3.63, 3.8) is 0 Å². The average Bonchev–Trinajstić information content (AvgIpc) is 2.88. The van der Waals surface area contributed by atoms with E-state index in [0.29, 0.717) is 31.4 Å². The van der Waals surface area contributed by atoms with Gasteiger partial charge in [-0.3, -0.25) is 9.59 Å². The molecule has 1 heterocycles. The Bertz CT molecular complexity index is 609. The minimum Gasteiger partial charge on any atom is -0.326 e. The van der Waals surface area contributed by atoms with Crippen molar-refractivity contribution in [3.8, 4) is 0 Å². The molecule has 1 aliphatic carbocycles. The maximum atomic E-state index is 14.1. The van der Waals surface area contributed by atoms with Crippen molar-refractivity contribution in [3.05, 3.63) is 23.5 Å². The van der Waals surface area contributed by atoms with Crippen LogP contribution in [0.2, 0.25) is 0 Å². The molecule has 21 heavy (non-hydrogen) atoms. The molecule has 0 spiro atoms. The number of aryl methyl sites for hydroxylation is 1. The van der Waals surface area contributed by atoms with Gasteiger partial charge in [-0.05, 0) is 37.0 Å². The molecule has 0 atom stereocenters. The van der Waals surface area contributed by atoms with Crippen LogP contribution in [0.15, 0.2) is 12.1 Å². The van der Waals surface area contributed by atoms with Gasteiger partial charge in [0.25, 0.3) is 0 Å². The zero-order valence-corrected chi connectivity index (χ0v) is 11.7. The minimum atomic E-state index is -0.911. The van der Waals surface area contributed by atoms with E-state index >= 15 is 0 Å². The Hall–Kier alpha value is -1.95. The highest BCUT2D eigenvalue weighted by Crippen LogP contribution is 2.31. The van der Waals surface area contributed by atoms with Gasteiger partial charge in [-0.2, -0.15) is 0 Å². The second-order valence-corrected chi connectivity index (χ2v) is 5.85. The van der Waals surface area contributed by atoms with Crippen LogP contribution in [0.5, 0.6) is 0 Å². The molecule has 1 aromatic rings. The Labute approximate surface area is 122 Å². The lowest BCUT2D eigenvalue weighted by atomic mass is 9.97. The van der Waals surface area contributed by atoms with Gasteiger partial charge in [0.2, 0.25) is 11.8 Å². The Kier molecular flexibility index (Phi) is 3.41. The molecule has 5 nitrogen and oxygen atoms in total. The van der Waals surface area contributed by atoms with Crippen LogP contribution in [0, 0.1) is 5.82 Å². The fraction of sp³-hybridized carbons (Fsp3) is 0.467. The molecule has 1 fully saturated rings. The van der Waals surface area contributed by atoms with E-state index in [4.69, 9.17) is 5.73 Å². The quantitative estimate of drug-likeness (QED) is 0.778. The van der Waals surface area contributed by atoms with Crippen molar-refractivity contribution in [2.24, 2.45) is 5.73 Å². The summed E-state index contributed by atoms with van der Waals surface area (Å²) < 4.78 is 14.1. The summed E-state index contributed by atoms with van der Waals surface area (Å²) in [5.41, 5.74) is 6.51. The topological polar surface area (TPSA) is 84.2 Å². The lowest BCUT2D eigenvalue weighted by molar-refractivity contribution is -0.121. The first-order valence-corrected chi connectivity index (χ1v) is 7.20. The number of benzene rings is 1. The first-order valence-electron chi connectivity index (χ1n) is 7.20. The largest absolute Gasteiger partial charge is 0.326 e. The van der Waals surface area contributed by atoms with E-state index in [1.807, 2.05) is 0 Å². The van der Waals surface area contributed by atoms with E-state index in [1.165, 1.54) is 12.1 Å². The SMILES string of the molecule is NC1(C(=O)Nc2cc3c(cc2F)CCC(=O)N3)CCCC1. The second-order valence-electron chi connectivity index (χ2n) is 5.85. The van der Waals surface area contributed by atoms with Crippen LogP contribution in [0.3, 0.4) is 0 Å². The highest BCUT2D eigenvalue weighted by atomic mass is 19.1. The molecule has 1 aliphatic heterocycles. The van der Waals surface area contributed by atoms with Crippen LogP contribution in [0.4, 0.5) is 15.8 Å². The van der Waals surface area contributed by atoms with E-state index < -0.39 is 11.4 Å². The molecule has 6 heteroatoms. The molecule has 4 N–H and O–H groups in total. The second kappa shape index (κ2) is 5.11. The molecule has 0 bridgehead atoms. The Morgan fingerprint density at radius 3 is 2.71 bits per heavy atom. The minimum absolute atomic E-state index is 0.0673. The summed E-state index contributed by atoms with van der Waals surface area (Å²) in [6.07, 6.45) is 3.90. The van der Waals surface area contributed by atoms with Gasteiger partial charge in [-0.25, -0.2) is 4.39 Å². The maximum absolute atomic E-state index is 14.1. The predicted molar refractivity (Wildman–Crippen MR) is 77.4 cm³/mol. The molecular weight excluding hydrogens is 273 g/mol. The van der Waals surface area contributed by atoms with Crippen LogP contribution >= 0.6 is 0 Å². The first-order chi connectivity index (χ1) is 9.98. The van der Waals surface area contributed by atoms with E-state index in [-0.39, 0.29) is 17.5 Å². The molecule has 1 aromatic carbocycles. The summed E-state index contributed by atoms with van der Waals surface area (Å²) in [5.74, 6) is -0.960. The summed E-state index contributed by atoms with van der Waals surface area (Å²) in [6, 6.07) is 2.83. The van der Waals surface area contributed by atoms with E-state index in [9.17, 15) is 14.0 Å². The van der Waals surface area contributed by atoms with Gasteiger partial charge in [0.05, 0.1) is 11.2 Å². The van der Waals surface area contributed by atoms with Crippen LogP contribution in [0.25, 0.3) is 0 Å². The van der Waals surface area contributed by atoms with Crippen molar-refractivity contribution in [1.29, 1.82) is 0 Å². The molecule has 0 unspecified atom stereocenters. The zero-order valence-electron chi connectivity index (χ0n) is 11.7. The number of hydrogen-bond acceptors (Lipinski definition) is 3. The monoisotopic (exact) mass is 291 g/mol. The molecule has 112 valence electrons. The Morgan fingerprint density at radius 2 is 2.00 bits per heavy atom. The number of nitrogens with two attached hydrogens (primary N) is 1. The molecule has 0 aromatic heterocycles. The van der Waals surface area contributed by atoms with E-state index in [1.54, 1.807) is 0 Å². The highest BCUT2D eigenvalue weighted by Gasteiger charge is 2.37. The number of amides is 2. The third-order valence-electron chi connectivity index (χ3n) is 4.28. The van der Waals surface area contributed by atoms with Gasteiger partial charge in [0.1, 0.15) is 5.82 Å². The van der Waals surface area contributed by atoms with Crippen molar-refractivity contribution in [2.75, 3.05) is 10.6 Å². The van der Waals surface area contributed by atoms with Crippen LogP contribution in [-0.2, 0) is 16.0 Å². The van der Waals surface area contributed by atoms with Crippen molar-refractivity contribution in [2.45, 2.75) is 44.1 Å². The smallest absolute Gasteiger partial charge is 0.244 e. The van der Waals surface area contributed by atoms with Crippen LogP contribution < -0.4 is 16.4 Å². The van der Waals surface area contributed by atoms with Crippen LogP contribution in [0.1, 0.15) is 37.7 Å². The summed E-state index contributed by atoms with van der Waals surface area (Å²) in [7, 11) is 0. The zero-order chi connectivity index (χ0) is 15.0. The third kappa shape index (κ3) is 2.63. The summed E-state index contributed by atoms with van der Waals surface area (Å²) in [6.45, 7) is 0. The highest BCUT2D eigenvalue weighted by molar-refractivity contribution is 6.00. The van der Waals surface area contributed by atoms with E-state index in [2.05, 4.69) is 10.6 Å². The number of nitrogens with one attached hydrogen (secondary N) is 2. The molecule has 0 saturated heterocycles.